The van der Waals surface area contributed by atoms with Crippen molar-refractivity contribution in [2.75, 3.05) is 12.4 Å². The molecule has 0 fully saturated rings. The first-order chi connectivity index (χ1) is 13.3. The highest BCUT2D eigenvalue weighted by atomic mass is 32.1. The third-order valence-corrected chi connectivity index (χ3v) is 5.03. The Hall–Kier alpha value is -3.00. The molecule has 3 rings (SSSR count). The molecule has 0 atom stereocenters. The van der Waals surface area contributed by atoms with Crippen LogP contribution in [0.1, 0.15) is 36.1 Å². The number of pyridine rings is 1. The van der Waals surface area contributed by atoms with Crippen molar-refractivity contribution >= 4 is 29.0 Å². The maximum Gasteiger partial charge on any atom is 0.348 e. The lowest BCUT2D eigenvalue weighted by molar-refractivity contribution is -0.123. The number of hydrogen-bond donors (Lipinski definition) is 1. The summed E-state index contributed by atoms with van der Waals surface area (Å²) in [5.41, 5.74) is 1.07. The van der Waals surface area contributed by atoms with Crippen LogP contribution >= 0.6 is 11.3 Å². The zero-order chi connectivity index (χ0) is 20.3. The number of esters is 1. The maximum absolute atomic E-state index is 12.1. The van der Waals surface area contributed by atoms with Crippen LogP contribution in [0, 0.1) is 5.41 Å². The normalized spacial score (nSPS) is 11.3. The smallest absolute Gasteiger partial charge is 0.348 e. The Balaban J connectivity index is 1.72. The molecule has 0 aliphatic heterocycles. The lowest BCUT2D eigenvalue weighted by atomic mass is 9.96. The molecule has 0 spiro atoms. The Morgan fingerprint density at radius 3 is 2.68 bits per heavy atom. The van der Waals surface area contributed by atoms with Gasteiger partial charge in [-0.3, -0.25) is 9.48 Å². The van der Waals surface area contributed by atoms with Gasteiger partial charge in [-0.25, -0.2) is 9.78 Å². The summed E-state index contributed by atoms with van der Waals surface area (Å²) in [4.78, 5) is 29.6. The first-order valence-corrected chi connectivity index (χ1v) is 9.57. The fourth-order valence-corrected chi connectivity index (χ4v) is 3.26. The van der Waals surface area contributed by atoms with Gasteiger partial charge in [-0.1, -0.05) is 26.8 Å². The number of thiophene rings is 1. The Morgan fingerprint density at radius 1 is 1.18 bits per heavy atom. The molecule has 0 saturated heterocycles. The molecule has 146 valence electrons. The van der Waals surface area contributed by atoms with Gasteiger partial charge in [0.25, 0.3) is 0 Å². The number of nitrogens with zero attached hydrogens (tertiary/aromatic N) is 3. The third-order valence-electron chi connectivity index (χ3n) is 3.94. The van der Waals surface area contributed by atoms with Crippen LogP contribution in [0.15, 0.2) is 42.6 Å². The van der Waals surface area contributed by atoms with E-state index in [1.54, 1.807) is 16.8 Å². The van der Waals surface area contributed by atoms with Crippen LogP contribution in [0.2, 0.25) is 0 Å². The van der Waals surface area contributed by atoms with Crippen molar-refractivity contribution in [1.82, 2.24) is 14.8 Å². The topological polar surface area (TPSA) is 86.1 Å². The summed E-state index contributed by atoms with van der Waals surface area (Å²) in [6.45, 7) is 6.03. The number of hydrogen-bond acceptors (Lipinski definition) is 6. The van der Waals surface area contributed by atoms with Gasteiger partial charge in [0.1, 0.15) is 16.4 Å². The molecule has 28 heavy (non-hydrogen) atoms. The molecule has 0 aliphatic rings. The summed E-state index contributed by atoms with van der Waals surface area (Å²) in [5, 5.41) is 7.39. The predicted octanol–water partition coefficient (Wildman–Crippen LogP) is 3.83. The molecule has 0 aliphatic carbocycles. The number of carbonyl (C=O) groups is 2. The van der Waals surface area contributed by atoms with Gasteiger partial charge in [-0.2, -0.15) is 5.10 Å². The van der Waals surface area contributed by atoms with Crippen LogP contribution in [-0.2, 0) is 16.1 Å². The molecule has 0 unspecified atom stereocenters. The number of methoxy groups -OCH3 is 1. The van der Waals surface area contributed by atoms with Crippen LogP contribution in [0.25, 0.3) is 10.6 Å². The minimum absolute atomic E-state index is 0.0855. The van der Waals surface area contributed by atoms with Crippen LogP contribution in [0.5, 0.6) is 0 Å². The Bertz CT molecular complexity index is 1000. The molecule has 3 aromatic rings. The van der Waals surface area contributed by atoms with Gasteiger partial charge >= 0.3 is 5.97 Å². The van der Waals surface area contributed by atoms with Gasteiger partial charge in [-0.15, -0.1) is 11.3 Å². The first-order valence-electron chi connectivity index (χ1n) is 8.75. The van der Waals surface area contributed by atoms with Crippen molar-refractivity contribution in [3.05, 3.63) is 53.2 Å². The van der Waals surface area contributed by atoms with Crippen molar-refractivity contribution in [1.29, 1.82) is 0 Å². The van der Waals surface area contributed by atoms with Crippen LogP contribution in [0.4, 0.5) is 5.82 Å². The van der Waals surface area contributed by atoms with Crippen molar-refractivity contribution in [2.45, 2.75) is 27.3 Å². The number of amides is 1. The zero-order valence-electron chi connectivity index (χ0n) is 16.2. The highest BCUT2D eigenvalue weighted by Crippen LogP contribution is 2.27. The summed E-state index contributed by atoms with van der Waals surface area (Å²) >= 11 is 1.34. The molecule has 0 bridgehead atoms. The minimum Gasteiger partial charge on any atom is -0.465 e. The maximum atomic E-state index is 12.1. The molecule has 0 radical (unpaired) electrons. The van der Waals surface area contributed by atoms with Gasteiger partial charge in [-0.05, 0) is 30.3 Å². The molecule has 0 aromatic carbocycles. The van der Waals surface area contributed by atoms with Gasteiger partial charge in [0.05, 0.1) is 24.2 Å². The van der Waals surface area contributed by atoms with E-state index >= 15 is 0 Å². The second-order valence-corrected chi connectivity index (χ2v) is 8.36. The number of rotatable bonds is 5. The largest absolute Gasteiger partial charge is 0.465 e. The van der Waals surface area contributed by atoms with Crippen molar-refractivity contribution < 1.29 is 14.3 Å². The monoisotopic (exact) mass is 398 g/mol. The zero-order valence-corrected chi connectivity index (χ0v) is 17.0. The number of nitrogens with one attached hydrogen (secondary N) is 1. The molecule has 1 amide bonds. The first kappa shape index (κ1) is 19.8. The molecular weight excluding hydrogens is 376 g/mol. The van der Waals surface area contributed by atoms with E-state index in [-0.39, 0.29) is 11.9 Å². The van der Waals surface area contributed by atoms with Crippen molar-refractivity contribution in [3.63, 3.8) is 0 Å². The third kappa shape index (κ3) is 4.64. The van der Waals surface area contributed by atoms with Crippen molar-refractivity contribution in [3.8, 4) is 10.6 Å². The molecular formula is C20H22N4O3S. The number of anilines is 1. The van der Waals surface area contributed by atoms with Gasteiger partial charge < -0.3 is 10.1 Å². The van der Waals surface area contributed by atoms with Gasteiger partial charge in [0.15, 0.2) is 0 Å². The van der Waals surface area contributed by atoms with E-state index in [9.17, 15) is 9.59 Å². The fourth-order valence-electron chi connectivity index (χ4n) is 2.37. The van der Waals surface area contributed by atoms with E-state index in [0.29, 0.717) is 17.2 Å². The number of carbonyl (C=O) groups excluding carboxylic acids is 2. The standard InChI is InChI=1S/C20H22N4O3S/c1-20(2,3)19(26)22-17-7-5-6-13(21-17)12-24-11-10-14(23-24)15-8-9-16(28-15)18(25)27-4/h5-11H,12H2,1-4H3,(H,21,22,26). The van der Waals surface area contributed by atoms with Gasteiger partial charge in [0.2, 0.25) is 5.91 Å². The summed E-state index contributed by atoms with van der Waals surface area (Å²) < 4.78 is 6.51. The molecule has 8 heteroatoms. The van der Waals surface area contributed by atoms with Gasteiger partial charge in [0, 0.05) is 11.6 Å². The van der Waals surface area contributed by atoms with Crippen LogP contribution in [-0.4, -0.2) is 33.8 Å². The molecule has 3 aromatic heterocycles. The Morgan fingerprint density at radius 2 is 1.96 bits per heavy atom. The van der Waals surface area contributed by atoms with E-state index in [0.717, 1.165) is 16.3 Å². The SMILES string of the molecule is COC(=O)c1ccc(-c2ccn(Cc3cccc(NC(=O)C(C)(C)C)n3)n2)s1. The van der Waals surface area contributed by atoms with E-state index in [2.05, 4.69) is 15.4 Å². The molecule has 3 heterocycles. The molecule has 0 saturated carbocycles. The highest BCUT2D eigenvalue weighted by molar-refractivity contribution is 7.17. The van der Waals surface area contributed by atoms with E-state index in [4.69, 9.17) is 4.74 Å². The van der Waals surface area contributed by atoms with Crippen LogP contribution in [0.3, 0.4) is 0 Å². The Kier molecular flexibility index (Phi) is 5.60. The average Bonchev–Trinajstić information content (AvgIpc) is 3.30. The Labute approximate surface area is 167 Å². The lowest BCUT2D eigenvalue weighted by Crippen LogP contribution is -2.28. The lowest BCUT2D eigenvalue weighted by Gasteiger charge is -2.17. The number of aromatic nitrogens is 3. The quantitative estimate of drug-likeness (QED) is 0.660. The second kappa shape index (κ2) is 7.93. The number of ether oxygens (including phenoxy) is 1. The average molecular weight is 398 g/mol. The summed E-state index contributed by atoms with van der Waals surface area (Å²) in [6.07, 6.45) is 1.86. The summed E-state index contributed by atoms with van der Waals surface area (Å²) in [6, 6.07) is 11.0. The van der Waals surface area contributed by atoms with Crippen molar-refractivity contribution in [2.24, 2.45) is 5.41 Å². The highest BCUT2D eigenvalue weighted by Gasteiger charge is 2.21. The molecule has 7 nitrogen and oxygen atoms in total. The minimum atomic E-state index is -0.488. The van der Waals surface area contributed by atoms with E-state index in [1.165, 1.54) is 18.4 Å². The second-order valence-electron chi connectivity index (χ2n) is 7.27. The van der Waals surface area contributed by atoms with Crippen LogP contribution < -0.4 is 5.32 Å². The van der Waals surface area contributed by atoms with E-state index < -0.39 is 5.41 Å². The summed E-state index contributed by atoms with van der Waals surface area (Å²) in [5.74, 6) is 0.0809. The van der Waals surface area contributed by atoms with E-state index in [1.807, 2.05) is 51.2 Å². The molecule has 1 N–H and O–H groups in total. The predicted molar refractivity (Wildman–Crippen MR) is 108 cm³/mol. The fraction of sp³-hybridized carbons (Fsp3) is 0.300. The summed E-state index contributed by atoms with van der Waals surface area (Å²) in [7, 11) is 1.36.